The summed E-state index contributed by atoms with van der Waals surface area (Å²) in [4.78, 5) is 11.3. The fraction of sp³-hybridized carbons (Fsp3) is 0.316. The van der Waals surface area contributed by atoms with E-state index in [4.69, 9.17) is 10.5 Å². The zero-order valence-electron chi connectivity index (χ0n) is 13.6. The van der Waals surface area contributed by atoms with Crippen LogP contribution >= 0.6 is 0 Å². The molecule has 0 bridgehead atoms. The number of hydrogen-bond acceptors (Lipinski definition) is 4. The van der Waals surface area contributed by atoms with Crippen LogP contribution in [-0.4, -0.2) is 37.7 Å². The molecule has 0 radical (unpaired) electrons. The molecular weight excluding hydrogens is 302 g/mol. The molecular formula is C19H23N3O2. The minimum absolute atomic E-state index is 0.0332. The van der Waals surface area contributed by atoms with E-state index in [0.717, 1.165) is 18.7 Å². The van der Waals surface area contributed by atoms with Gasteiger partial charge in [0.05, 0.1) is 6.54 Å². The molecule has 2 aromatic carbocycles. The molecule has 4 N–H and O–H groups in total. The molecule has 1 fully saturated rings. The number of rotatable bonds is 6. The number of ether oxygens (including phenoxy) is 1. The lowest BCUT2D eigenvalue weighted by atomic mass is 10.1. The standard InChI is InChI=1S/C19H23N3O2/c20-11-19(23)22-16-10-17(21-12-16)13-24-18-8-6-15(7-9-18)14-4-2-1-3-5-14/h1-9,16-17,21H,10-13,20H2,(H,22,23)/t16-,17+/m0/s1. The monoisotopic (exact) mass is 325 g/mol. The van der Waals surface area contributed by atoms with Crippen molar-refractivity contribution < 1.29 is 9.53 Å². The third-order valence-corrected chi connectivity index (χ3v) is 4.19. The molecule has 1 heterocycles. The van der Waals surface area contributed by atoms with E-state index >= 15 is 0 Å². The van der Waals surface area contributed by atoms with Crippen LogP contribution in [0.1, 0.15) is 6.42 Å². The average molecular weight is 325 g/mol. The highest BCUT2D eigenvalue weighted by molar-refractivity contribution is 5.78. The number of nitrogens with one attached hydrogen (secondary N) is 2. The van der Waals surface area contributed by atoms with Crippen LogP contribution in [0.4, 0.5) is 0 Å². The first kappa shape index (κ1) is 16.5. The first-order chi connectivity index (χ1) is 11.7. The molecule has 0 aromatic heterocycles. The maximum atomic E-state index is 11.3. The normalized spacial score (nSPS) is 19.9. The molecule has 5 heteroatoms. The third-order valence-electron chi connectivity index (χ3n) is 4.19. The Hall–Kier alpha value is -2.37. The molecule has 126 valence electrons. The second kappa shape index (κ2) is 7.95. The molecule has 1 aliphatic heterocycles. The van der Waals surface area contributed by atoms with Crippen LogP contribution in [-0.2, 0) is 4.79 Å². The first-order valence-electron chi connectivity index (χ1n) is 8.25. The van der Waals surface area contributed by atoms with E-state index in [9.17, 15) is 4.79 Å². The minimum Gasteiger partial charge on any atom is -0.492 e. The van der Waals surface area contributed by atoms with Crippen LogP contribution < -0.4 is 21.1 Å². The van der Waals surface area contributed by atoms with Gasteiger partial charge < -0.3 is 21.1 Å². The van der Waals surface area contributed by atoms with Gasteiger partial charge in [-0.05, 0) is 29.7 Å². The van der Waals surface area contributed by atoms with Gasteiger partial charge in [0.25, 0.3) is 0 Å². The largest absolute Gasteiger partial charge is 0.492 e. The summed E-state index contributed by atoms with van der Waals surface area (Å²) in [7, 11) is 0. The van der Waals surface area contributed by atoms with Gasteiger partial charge in [-0.3, -0.25) is 4.79 Å². The van der Waals surface area contributed by atoms with Gasteiger partial charge in [-0.25, -0.2) is 0 Å². The number of carbonyl (C=O) groups excluding carboxylic acids is 1. The van der Waals surface area contributed by atoms with Crippen LogP contribution in [0.3, 0.4) is 0 Å². The van der Waals surface area contributed by atoms with Gasteiger partial charge in [0.1, 0.15) is 12.4 Å². The van der Waals surface area contributed by atoms with Crippen molar-refractivity contribution in [3.63, 3.8) is 0 Å². The number of carbonyl (C=O) groups is 1. The summed E-state index contributed by atoms with van der Waals surface area (Å²) in [5.41, 5.74) is 7.68. The molecule has 3 rings (SSSR count). The van der Waals surface area contributed by atoms with Crippen LogP contribution in [0.5, 0.6) is 5.75 Å². The molecule has 1 amide bonds. The first-order valence-corrected chi connectivity index (χ1v) is 8.25. The van der Waals surface area contributed by atoms with Gasteiger partial charge in [-0.1, -0.05) is 42.5 Å². The Morgan fingerprint density at radius 2 is 1.83 bits per heavy atom. The van der Waals surface area contributed by atoms with Gasteiger partial charge in [-0.2, -0.15) is 0 Å². The van der Waals surface area contributed by atoms with E-state index in [1.807, 2.05) is 30.3 Å². The van der Waals surface area contributed by atoms with Crippen molar-refractivity contribution >= 4 is 5.91 Å². The van der Waals surface area contributed by atoms with E-state index in [2.05, 4.69) is 34.9 Å². The summed E-state index contributed by atoms with van der Waals surface area (Å²) in [6.07, 6.45) is 0.855. The summed E-state index contributed by atoms with van der Waals surface area (Å²) < 4.78 is 5.86. The molecule has 0 unspecified atom stereocenters. The Bertz CT molecular complexity index is 658. The Kier molecular flexibility index (Phi) is 5.46. The van der Waals surface area contributed by atoms with Crippen LogP contribution in [0, 0.1) is 0 Å². The summed E-state index contributed by atoms with van der Waals surface area (Å²) in [6.45, 7) is 1.37. The highest BCUT2D eigenvalue weighted by Gasteiger charge is 2.25. The van der Waals surface area contributed by atoms with Crippen molar-refractivity contribution in [2.24, 2.45) is 5.73 Å². The fourth-order valence-electron chi connectivity index (χ4n) is 2.91. The lowest BCUT2D eigenvalue weighted by molar-refractivity contribution is -0.120. The van der Waals surface area contributed by atoms with Crippen LogP contribution in [0.2, 0.25) is 0 Å². The molecule has 1 aliphatic rings. The predicted molar refractivity (Wildman–Crippen MR) is 94.8 cm³/mol. The van der Waals surface area contributed by atoms with Gasteiger partial charge in [0.15, 0.2) is 0 Å². The maximum absolute atomic E-state index is 11.3. The Morgan fingerprint density at radius 1 is 1.12 bits per heavy atom. The van der Waals surface area contributed by atoms with Gasteiger partial charge in [-0.15, -0.1) is 0 Å². The second-order valence-corrected chi connectivity index (χ2v) is 6.01. The van der Waals surface area contributed by atoms with Crippen molar-refractivity contribution in [1.29, 1.82) is 0 Å². The smallest absolute Gasteiger partial charge is 0.233 e. The second-order valence-electron chi connectivity index (χ2n) is 6.01. The molecule has 2 aromatic rings. The SMILES string of the molecule is NCC(=O)N[C@@H]1CN[C@@H](COc2ccc(-c3ccccc3)cc2)C1. The molecule has 1 saturated heterocycles. The lowest BCUT2D eigenvalue weighted by Crippen LogP contribution is -2.39. The van der Waals surface area contributed by atoms with E-state index in [0.29, 0.717) is 6.61 Å². The quantitative estimate of drug-likeness (QED) is 0.753. The minimum atomic E-state index is -0.111. The summed E-state index contributed by atoms with van der Waals surface area (Å²) in [6, 6.07) is 18.7. The molecule has 0 saturated carbocycles. The Labute approximate surface area is 142 Å². The summed E-state index contributed by atoms with van der Waals surface area (Å²) >= 11 is 0. The van der Waals surface area contributed by atoms with Crippen molar-refractivity contribution in [1.82, 2.24) is 10.6 Å². The number of amides is 1. The predicted octanol–water partition coefficient (Wildman–Crippen LogP) is 1.54. The number of benzene rings is 2. The highest BCUT2D eigenvalue weighted by atomic mass is 16.5. The van der Waals surface area contributed by atoms with Crippen molar-refractivity contribution in [3.8, 4) is 16.9 Å². The average Bonchev–Trinajstić information content (AvgIpc) is 3.08. The van der Waals surface area contributed by atoms with Crippen LogP contribution in [0.25, 0.3) is 11.1 Å². The van der Waals surface area contributed by atoms with Crippen LogP contribution in [0.15, 0.2) is 54.6 Å². The highest BCUT2D eigenvalue weighted by Crippen LogP contribution is 2.22. The fourth-order valence-corrected chi connectivity index (χ4v) is 2.91. The molecule has 0 aliphatic carbocycles. The molecule has 24 heavy (non-hydrogen) atoms. The third kappa shape index (κ3) is 4.34. The van der Waals surface area contributed by atoms with E-state index < -0.39 is 0 Å². The molecule has 5 nitrogen and oxygen atoms in total. The van der Waals surface area contributed by atoms with Crippen molar-refractivity contribution in [3.05, 3.63) is 54.6 Å². The summed E-state index contributed by atoms with van der Waals surface area (Å²) in [5, 5.41) is 6.26. The van der Waals surface area contributed by atoms with Crippen molar-refractivity contribution in [2.45, 2.75) is 18.5 Å². The lowest BCUT2D eigenvalue weighted by Gasteiger charge is -2.13. The van der Waals surface area contributed by atoms with E-state index in [1.165, 1.54) is 11.1 Å². The molecule has 0 spiro atoms. The maximum Gasteiger partial charge on any atom is 0.233 e. The molecule has 2 atom stereocenters. The van der Waals surface area contributed by atoms with Crippen molar-refractivity contribution in [2.75, 3.05) is 19.7 Å². The summed E-state index contributed by atoms with van der Waals surface area (Å²) in [5.74, 6) is 0.741. The number of nitrogens with two attached hydrogens (primary N) is 1. The topological polar surface area (TPSA) is 76.4 Å². The van der Waals surface area contributed by atoms with Gasteiger partial charge >= 0.3 is 0 Å². The van der Waals surface area contributed by atoms with Gasteiger partial charge in [0.2, 0.25) is 5.91 Å². The van der Waals surface area contributed by atoms with E-state index in [1.54, 1.807) is 0 Å². The number of hydrogen-bond donors (Lipinski definition) is 3. The zero-order chi connectivity index (χ0) is 16.8. The van der Waals surface area contributed by atoms with E-state index in [-0.39, 0.29) is 24.5 Å². The Balaban J connectivity index is 1.48. The van der Waals surface area contributed by atoms with Gasteiger partial charge in [0, 0.05) is 18.6 Å². The Morgan fingerprint density at radius 3 is 2.54 bits per heavy atom. The zero-order valence-corrected chi connectivity index (χ0v) is 13.6.